The summed E-state index contributed by atoms with van der Waals surface area (Å²) < 4.78 is 4.88. The van der Waals surface area contributed by atoms with Crippen molar-refractivity contribution in [3.63, 3.8) is 0 Å². The number of hydrogen-bond acceptors (Lipinski definition) is 4. The molecule has 0 fully saturated rings. The summed E-state index contributed by atoms with van der Waals surface area (Å²) in [5.74, 6) is -0.0915. The number of nitrogen functional groups attached to an aromatic ring is 1. The Balaban J connectivity index is 0.000000921. The van der Waals surface area contributed by atoms with Crippen LogP contribution in [0.1, 0.15) is 29.8 Å². The summed E-state index contributed by atoms with van der Waals surface area (Å²) in [5, 5.41) is 0. The molecular weight excluding hydrogens is 194 g/mol. The zero-order valence-corrected chi connectivity index (χ0v) is 9.50. The summed E-state index contributed by atoms with van der Waals surface area (Å²) >= 11 is 0. The molecule has 0 atom stereocenters. The Labute approximate surface area is 89.4 Å². The summed E-state index contributed by atoms with van der Waals surface area (Å²) in [5.41, 5.74) is 11.5. The number of amides is 1. The summed E-state index contributed by atoms with van der Waals surface area (Å²) in [6.45, 7) is 5.72. The molecule has 84 valence electrons. The van der Waals surface area contributed by atoms with E-state index in [4.69, 9.17) is 16.2 Å². The Morgan fingerprint density at radius 1 is 1.47 bits per heavy atom. The predicted octanol–water partition coefficient (Wildman–Crippen LogP) is 1.11. The van der Waals surface area contributed by atoms with Gasteiger partial charge < -0.3 is 16.2 Å². The number of rotatable bonds is 2. The second-order valence-corrected chi connectivity index (χ2v) is 2.61. The largest absolute Gasteiger partial charge is 0.480 e. The van der Waals surface area contributed by atoms with Gasteiger partial charge in [0.15, 0.2) is 0 Å². The number of carbonyl (C=O) groups is 1. The van der Waals surface area contributed by atoms with Crippen LogP contribution in [0.4, 0.5) is 5.82 Å². The van der Waals surface area contributed by atoms with Crippen LogP contribution in [0.5, 0.6) is 5.88 Å². The number of nitrogens with two attached hydrogens (primary N) is 2. The summed E-state index contributed by atoms with van der Waals surface area (Å²) in [6.07, 6.45) is 0. The maximum absolute atomic E-state index is 11.0. The molecule has 1 heterocycles. The highest BCUT2D eigenvalue weighted by molar-refractivity contribution is 5.96. The number of carbonyl (C=O) groups excluding carboxylic acids is 1. The molecule has 0 spiro atoms. The Hall–Kier alpha value is -1.78. The number of methoxy groups -OCH3 is 1. The predicted molar refractivity (Wildman–Crippen MR) is 59.8 cm³/mol. The fourth-order valence-corrected chi connectivity index (χ4v) is 1.12. The van der Waals surface area contributed by atoms with Crippen molar-refractivity contribution in [1.29, 1.82) is 0 Å². The van der Waals surface area contributed by atoms with Crippen molar-refractivity contribution < 1.29 is 9.53 Å². The maximum Gasteiger partial charge on any atom is 0.254 e. The molecule has 0 aromatic carbocycles. The van der Waals surface area contributed by atoms with Gasteiger partial charge in [0.2, 0.25) is 5.88 Å². The summed E-state index contributed by atoms with van der Waals surface area (Å²) in [4.78, 5) is 14.8. The Morgan fingerprint density at radius 3 is 2.40 bits per heavy atom. The van der Waals surface area contributed by atoms with E-state index in [-0.39, 0.29) is 11.4 Å². The molecule has 1 aromatic rings. The van der Waals surface area contributed by atoms with Crippen molar-refractivity contribution in [2.24, 2.45) is 5.73 Å². The number of ether oxygens (including phenoxy) is 1. The van der Waals surface area contributed by atoms with Gasteiger partial charge in [0.05, 0.1) is 7.11 Å². The topological polar surface area (TPSA) is 91.2 Å². The van der Waals surface area contributed by atoms with Gasteiger partial charge in [0, 0.05) is 0 Å². The molecule has 15 heavy (non-hydrogen) atoms. The normalized spacial score (nSPS) is 8.80. The van der Waals surface area contributed by atoms with Crippen molar-refractivity contribution in [1.82, 2.24) is 4.98 Å². The van der Waals surface area contributed by atoms with Crippen LogP contribution in [0.25, 0.3) is 0 Å². The van der Waals surface area contributed by atoms with Crippen molar-refractivity contribution in [3.05, 3.63) is 17.2 Å². The number of primary amides is 1. The van der Waals surface area contributed by atoms with Crippen LogP contribution in [0.2, 0.25) is 0 Å². The van der Waals surface area contributed by atoms with E-state index in [2.05, 4.69) is 4.98 Å². The molecule has 5 heteroatoms. The third-order valence-electron chi connectivity index (χ3n) is 1.64. The summed E-state index contributed by atoms with van der Waals surface area (Å²) in [7, 11) is 1.41. The van der Waals surface area contributed by atoms with Gasteiger partial charge in [-0.25, -0.2) is 0 Å². The second-order valence-electron chi connectivity index (χ2n) is 2.61. The molecule has 0 saturated carbocycles. The Morgan fingerprint density at radius 2 is 2.00 bits per heavy atom. The fraction of sp³-hybridized carbons (Fsp3) is 0.400. The average Bonchev–Trinajstić information content (AvgIpc) is 2.18. The zero-order chi connectivity index (χ0) is 12.0. The first-order valence-corrected chi connectivity index (χ1v) is 4.67. The fourth-order valence-electron chi connectivity index (χ4n) is 1.12. The lowest BCUT2D eigenvalue weighted by atomic mass is 10.1. The van der Waals surface area contributed by atoms with Crippen molar-refractivity contribution in [3.8, 4) is 5.88 Å². The smallest absolute Gasteiger partial charge is 0.254 e. The van der Waals surface area contributed by atoms with E-state index in [9.17, 15) is 4.79 Å². The highest BCUT2D eigenvalue weighted by Gasteiger charge is 2.14. The molecule has 1 aromatic heterocycles. The minimum Gasteiger partial charge on any atom is -0.480 e. The van der Waals surface area contributed by atoms with Gasteiger partial charge in [0.25, 0.3) is 5.91 Å². The number of hydrogen-bond donors (Lipinski definition) is 2. The molecule has 0 unspecified atom stereocenters. The molecule has 0 aliphatic heterocycles. The highest BCUT2D eigenvalue weighted by atomic mass is 16.5. The summed E-state index contributed by atoms with van der Waals surface area (Å²) in [6, 6.07) is 1.57. The van der Waals surface area contributed by atoms with Crippen molar-refractivity contribution >= 4 is 11.7 Å². The molecule has 1 rings (SSSR count). The first-order chi connectivity index (χ1) is 7.06. The minimum atomic E-state index is -0.568. The Bertz CT molecular complexity index is 351. The third-order valence-corrected chi connectivity index (χ3v) is 1.64. The van der Waals surface area contributed by atoms with Gasteiger partial charge in [-0.3, -0.25) is 4.79 Å². The van der Waals surface area contributed by atoms with Crippen molar-refractivity contribution in [2.45, 2.75) is 20.8 Å². The zero-order valence-electron chi connectivity index (χ0n) is 9.50. The molecule has 4 N–H and O–H groups in total. The first-order valence-electron chi connectivity index (χ1n) is 4.67. The first kappa shape index (κ1) is 13.2. The monoisotopic (exact) mass is 211 g/mol. The Kier molecular flexibility index (Phi) is 5.15. The van der Waals surface area contributed by atoms with Crippen molar-refractivity contribution in [2.75, 3.05) is 12.8 Å². The van der Waals surface area contributed by atoms with Crippen LogP contribution < -0.4 is 16.2 Å². The third kappa shape index (κ3) is 3.12. The molecule has 0 aliphatic carbocycles. The van der Waals surface area contributed by atoms with Gasteiger partial charge in [-0.1, -0.05) is 13.8 Å². The van der Waals surface area contributed by atoms with Gasteiger partial charge in [0.1, 0.15) is 11.4 Å². The van der Waals surface area contributed by atoms with E-state index < -0.39 is 5.91 Å². The molecule has 1 amide bonds. The van der Waals surface area contributed by atoms with Crippen LogP contribution in [0.3, 0.4) is 0 Å². The van der Waals surface area contributed by atoms with E-state index in [1.807, 2.05) is 13.8 Å². The van der Waals surface area contributed by atoms with Gasteiger partial charge in [-0.15, -0.1) is 0 Å². The van der Waals surface area contributed by atoms with Crippen LogP contribution in [-0.2, 0) is 0 Å². The lowest BCUT2D eigenvalue weighted by Gasteiger charge is -2.07. The standard InChI is InChI=1S/C8H11N3O2.C2H6/c1-4-3-5(9)11-8(13-2)6(4)7(10)12;1-2/h3H,1-2H3,(H2,9,11)(H2,10,12);1-2H3. The number of aromatic nitrogens is 1. The molecular formula is C10H17N3O2. The lowest BCUT2D eigenvalue weighted by molar-refractivity contribution is 0.0996. The van der Waals surface area contributed by atoms with E-state index >= 15 is 0 Å². The van der Waals surface area contributed by atoms with Crippen LogP contribution in [-0.4, -0.2) is 18.0 Å². The lowest BCUT2D eigenvalue weighted by Crippen LogP contribution is -2.15. The molecule has 0 bridgehead atoms. The number of anilines is 1. The number of aryl methyl sites for hydroxylation is 1. The van der Waals surface area contributed by atoms with Gasteiger partial charge in [-0.05, 0) is 18.6 Å². The SMILES string of the molecule is CC.COc1nc(N)cc(C)c1C(N)=O. The highest BCUT2D eigenvalue weighted by Crippen LogP contribution is 2.20. The minimum absolute atomic E-state index is 0.171. The molecule has 0 radical (unpaired) electrons. The molecule has 0 aliphatic rings. The number of nitrogens with zero attached hydrogens (tertiary/aromatic N) is 1. The van der Waals surface area contributed by atoms with Gasteiger partial charge >= 0.3 is 0 Å². The second kappa shape index (κ2) is 5.85. The van der Waals surface area contributed by atoms with E-state index in [0.717, 1.165) is 0 Å². The van der Waals surface area contributed by atoms with Gasteiger partial charge in [-0.2, -0.15) is 4.98 Å². The van der Waals surface area contributed by atoms with Crippen LogP contribution in [0.15, 0.2) is 6.07 Å². The number of pyridine rings is 1. The quantitative estimate of drug-likeness (QED) is 0.766. The van der Waals surface area contributed by atoms with E-state index in [1.54, 1.807) is 13.0 Å². The average molecular weight is 211 g/mol. The van der Waals surface area contributed by atoms with Crippen LogP contribution in [0, 0.1) is 6.92 Å². The molecule has 5 nitrogen and oxygen atoms in total. The van der Waals surface area contributed by atoms with E-state index in [1.165, 1.54) is 7.11 Å². The molecule has 0 saturated heterocycles. The van der Waals surface area contributed by atoms with Crippen LogP contribution >= 0.6 is 0 Å². The maximum atomic E-state index is 11.0. The van der Waals surface area contributed by atoms with E-state index in [0.29, 0.717) is 11.4 Å².